The van der Waals surface area contributed by atoms with Gasteiger partial charge < -0.3 is 15.4 Å². The lowest BCUT2D eigenvalue weighted by Gasteiger charge is -2.22. The van der Waals surface area contributed by atoms with E-state index in [2.05, 4.69) is 10.6 Å². The number of ether oxygens (including phenoxy) is 1. The highest BCUT2D eigenvalue weighted by Crippen LogP contribution is 2.23. The Labute approximate surface area is 110 Å². The number of hydrogen-bond donors (Lipinski definition) is 2. The predicted molar refractivity (Wildman–Crippen MR) is 71.4 cm³/mol. The summed E-state index contributed by atoms with van der Waals surface area (Å²) < 4.78 is 5.72. The molecule has 2 N–H and O–H groups in total. The largest absolute Gasteiger partial charge is 0.378 e. The average molecular weight is 254 g/mol. The fourth-order valence-corrected chi connectivity index (χ4v) is 2.84. The number of carbonyl (C=O) groups is 1. The Bertz CT molecular complexity index is 246. The Morgan fingerprint density at radius 2 is 1.89 bits per heavy atom. The fraction of sp³-hybridized carbons (Fsp3) is 0.929. The number of piperidine rings is 1. The van der Waals surface area contributed by atoms with Crippen molar-refractivity contribution in [2.45, 2.75) is 51.0 Å². The van der Waals surface area contributed by atoms with Gasteiger partial charge in [-0.05, 0) is 44.7 Å². The zero-order chi connectivity index (χ0) is 12.6. The van der Waals surface area contributed by atoms with Crippen molar-refractivity contribution in [3.8, 4) is 0 Å². The molecule has 0 bridgehead atoms. The minimum atomic E-state index is 0.149. The van der Waals surface area contributed by atoms with Crippen LogP contribution < -0.4 is 10.6 Å². The molecule has 0 radical (unpaired) electrons. The van der Waals surface area contributed by atoms with Crippen LogP contribution >= 0.6 is 0 Å². The number of amides is 1. The van der Waals surface area contributed by atoms with E-state index in [1.165, 1.54) is 25.7 Å². The molecule has 1 amide bonds. The highest BCUT2D eigenvalue weighted by Gasteiger charge is 2.16. The van der Waals surface area contributed by atoms with Crippen molar-refractivity contribution in [2.75, 3.05) is 26.2 Å². The summed E-state index contributed by atoms with van der Waals surface area (Å²) in [4.78, 5) is 11.6. The number of carbonyl (C=O) groups excluding carboxylic acids is 1. The molecule has 18 heavy (non-hydrogen) atoms. The van der Waals surface area contributed by atoms with Gasteiger partial charge in [-0.1, -0.05) is 12.8 Å². The maximum atomic E-state index is 11.6. The summed E-state index contributed by atoms with van der Waals surface area (Å²) in [6.45, 7) is 3.52. The van der Waals surface area contributed by atoms with E-state index in [1.807, 2.05) is 0 Å². The van der Waals surface area contributed by atoms with Crippen LogP contribution in [0.1, 0.15) is 44.9 Å². The normalized spacial score (nSPS) is 22.2. The average Bonchev–Trinajstić information content (AvgIpc) is 2.91. The Kier molecular flexibility index (Phi) is 5.94. The van der Waals surface area contributed by atoms with Crippen molar-refractivity contribution >= 4 is 5.91 Å². The molecule has 0 aromatic carbocycles. The second kappa shape index (κ2) is 7.74. The summed E-state index contributed by atoms with van der Waals surface area (Å²) in [5.41, 5.74) is 0. The maximum Gasteiger partial charge on any atom is 0.222 e. The minimum absolute atomic E-state index is 0.149. The number of rotatable bonds is 6. The van der Waals surface area contributed by atoms with Gasteiger partial charge in [0.25, 0.3) is 0 Å². The molecule has 1 heterocycles. The third kappa shape index (κ3) is 4.94. The van der Waals surface area contributed by atoms with Crippen molar-refractivity contribution < 1.29 is 9.53 Å². The molecule has 1 aliphatic carbocycles. The molecule has 1 saturated carbocycles. The molecule has 0 unspecified atom stereocenters. The van der Waals surface area contributed by atoms with Crippen LogP contribution in [0.2, 0.25) is 0 Å². The van der Waals surface area contributed by atoms with Crippen LogP contribution in [0.4, 0.5) is 0 Å². The standard InChI is InChI=1S/C14H26N2O2/c17-14(16-11-12-3-1-2-4-12)7-10-18-13-5-8-15-9-6-13/h12-13,15H,1-11H2,(H,16,17). The third-order valence-corrected chi connectivity index (χ3v) is 4.03. The lowest BCUT2D eigenvalue weighted by Crippen LogP contribution is -2.34. The summed E-state index contributed by atoms with van der Waals surface area (Å²) >= 11 is 0. The molecule has 2 fully saturated rings. The van der Waals surface area contributed by atoms with E-state index in [1.54, 1.807) is 0 Å². The van der Waals surface area contributed by atoms with E-state index in [0.717, 1.165) is 38.4 Å². The van der Waals surface area contributed by atoms with Crippen LogP contribution in [0, 0.1) is 5.92 Å². The monoisotopic (exact) mass is 254 g/mol. The lowest BCUT2D eigenvalue weighted by atomic mass is 10.1. The van der Waals surface area contributed by atoms with Crippen molar-refractivity contribution in [1.29, 1.82) is 0 Å². The summed E-state index contributed by atoms with van der Waals surface area (Å²) in [5.74, 6) is 0.870. The molecule has 0 aromatic rings. The molecule has 0 spiro atoms. The SMILES string of the molecule is O=C(CCOC1CCNCC1)NCC1CCCC1. The first kappa shape index (κ1) is 13.8. The number of nitrogens with one attached hydrogen (secondary N) is 2. The van der Waals surface area contributed by atoms with Gasteiger partial charge in [0.05, 0.1) is 12.7 Å². The van der Waals surface area contributed by atoms with E-state index >= 15 is 0 Å². The van der Waals surface area contributed by atoms with Gasteiger partial charge in [-0.2, -0.15) is 0 Å². The van der Waals surface area contributed by atoms with Gasteiger partial charge in [-0.25, -0.2) is 0 Å². The maximum absolute atomic E-state index is 11.6. The lowest BCUT2D eigenvalue weighted by molar-refractivity contribution is -0.122. The van der Waals surface area contributed by atoms with Crippen LogP contribution in [0.5, 0.6) is 0 Å². The van der Waals surface area contributed by atoms with Crippen molar-refractivity contribution in [2.24, 2.45) is 5.92 Å². The van der Waals surface area contributed by atoms with Crippen LogP contribution in [0.3, 0.4) is 0 Å². The summed E-state index contributed by atoms with van der Waals surface area (Å²) in [6, 6.07) is 0. The highest BCUT2D eigenvalue weighted by atomic mass is 16.5. The second-order valence-corrected chi connectivity index (χ2v) is 5.52. The predicted octanol–water partition coefficient (Wildman–Crippen LogP) is 1.45. The molecule has 2 aliphatic rings. The molecular weight excluding hydrogens is 228 g/mol. The Hall–Kier alpha value is -0.610. The third-order valence-electron chi connectivity index (χ3n) is 4.03. The zero-order valence-electron chi connectivity index (χ0n) is 11.2. The number of hydrogen-bond acceptors (Lipinski definition) is 3. The Balaban J connectivity index is 1.48. The molecule has 0 aromatic heterocycles. The minimum Gasteiger partial charge on any atom is -0.378 e. The van der Waals surface area contributed by atoms with Gasteiger partial charge in [-0.3, -0.25) is 4.79 Å². The van der Waals surface area contributed by atoms with Gasteiger partial charge in [0.1, 0.15) is 0 Å². The van der Waals surface area contributed by atoms with Crippen LogP contribution in [-0.2, 0) is 9.53 Å². The van der Waals surface area contributed by atoms with Crippen LogP contribution in [-0.4, -0.2) is 38.3 Å². The molecule has 4 heteroatoms. The van der Waals surface area contributed by atoms with Crippen molar-refractivity contribution in [1.82, 2.24) is 10.6 Å². The van der Waals surface area contributed by atoms with Crippen LogP contribution in [0.15, 0.2) is 0 Å². The molecule has 104 valence electrons. The zero-order valence-corrected chi connectivity index (χ0v) is 11.2. The van der Waals surface area contributed by atoms with E-state index in [9.17, 15) is 4.79 Å². The van der Waals surface area contributed by atoms with Gasteiger partial charge in [0, 0.05) is 13.0 Å². The second-order valence-electron chi connectivity index (χ2n) is 5.52. The van der Waals surface area contributed by atoms with Crippen molar-refractivity contribution in [3.63, 3.8) is 0 Å². The quantitative estimate of drug-likeness (QED) is 0.754. The molecule has 1 aliphatic heterocycles. The summed E-state index contributed by atoms with van der Waals surface area (Å²) in [6.07, 6.45) is 8.24. The van der Waals surface area contributed by atoms with Gasteiger partial charge in [0.15, 0.2) is 0 Å². The Morgan fingerprint density at radius 1 is 1.17 bits per heavy atom. The van der Waals surface area contributed by atoms with E-state index in [4.69, 9.17) is 4.74 Å². The highest BCUT2D eigenvalue weighted by molar-refractivity contribution is 5.75. The first-order valence-electron chi connectivity index (χ1n) is 7.43. The molecule has 4 nitrogen and oxygen atoms in total. The molecular formula is C14H26N2O2. The fourth-order valence-electron chi connectivity index (χ4n) is 2.84. The van der Waals surface area contributed by atoms with Crippen LogP contribution in [0.25, 0.3) is 0 Å². The van der Waals surface area contributed by atoms with E-state index in [-0.39, 0.29) is 5.91 Å². The topological polar surface area (TPSA) is 50.4 Å². The van der Waals surface area contributed by atoms with Crippen molar-refractivity contribution in [3.05, 3.63) is 0 Å². The Morgan fingerprint density at radius 3 is 2.61 bits per heavy atom. The van der Waals surface area contributed by atoms with E-state index in [0.29, 0.717) is 19.1 Å². The molecule has 1 saturated heterocycles. The van der Waals surface area contributed by atoms with Gasteiger partial charge >= 0.3 is 0 Å². The molecule has 0 atom stereocenters. The van der Waals surface area contributed by atoms with Gasteiger partial charge in [0.2, 0.25) is 5.91 Å². The smallest absolute Gasteiger partial charge is 0.222 e. The first-order valence-corrected chi connectivity index (χ1v) is 7.43. The van der Waals surface area contributed by atoms with E-state index < -0.39 is 0 Å². The summed E-state index contributed by atoms with van der Waals surface area (Å²) in [7, 11) is 0. The summed E-state index contributed by atoms with van der Waals surface area (Å²) in [5, 5.41) is 6.34. The molecule has 2 rings (SSSR count). The van der Waals surface area contributed by atoms with Gasteiger partial charge in [-0.15, -0.1) is 0 Å². The first-order chi connectivity index (χ1) is 8.84.